The predicted octanol–water partition coefficient (Wildman–Crippen LogP) is 4.33. The summed E-state index contributed by atoms with van der Waals surface area (Å²) in [6, 6.07) is 2.50. The van der Waals surface area contributed by atoms with E-state index in [0.717, 1.165) is 31.0 Å². The number of hydrogen-bond donors (Lipinski definition) is 1. The Balaban J connectivity index is 1.61. The van der Waals surface area contributed by atoms with Gasteiger partial charge in [-0.15, -0.1) is 0 Å². The van der Waals surface area contributed by atoms with Crippen molar-refractivity contribution >= 4 is 11.7 Å². The molecule has 1 aliphatic carbocycles. The maximum Gasteiger partial charge on any atom is 0.418 e. The molecule has 8 heteroatoms. The van der Waals surface area contributed by atoms with Crippen molar-refractivity contribution < 1.29 is 22.4 Å². The summed E-state index contributed by atoms with van der Waals surface area (Å²) in [4.78, 5) is 16.1. The van der Waals surface area contributed by atoms with Crippen LogP contribution in [0.4, 0.5) is 28.0 Å². The Kier molecular flexibility index (Phi) is 5.70. The van der Waals surface area contributed by atoms with E-state index in [-0.39, 0.29) is 0 Å². The van der Waals surface area contributed by atoms with E-state index in [9.17, 15) is 22.4 Å². The second-order valence-corrected chi connectivity index (χ2v) is 6.91. The molecule has 1 N–H and O–H groups in total. The molecular formula is C18H23F4N3O. The van der Waals surface area contributed by atoms with Gasteiger partial charge in [0.05, 0.1) is 11.3 Å². The Labute approximate surface area is 150 Å². The lowest BCUT2D eigenvalue weighted by atomic mass is 9.94. The largest absolute Gasteiger partial charge is 0.418 e. The van der Waals surface area contributed by atoms with Gasteiger partial charge >= 0.3 is 12.2 Å². The average Bonchev–Trinajstić information content (AvgIpc) is 2.63. The fourth-order valence-electron chi connectivity index (χ4n) is 3.81. The van der Waals surface area contributed by atoms with Gasteiger partial charge in [0.25, 0.3) is 0 Å². The standard InChI is InChI=1S/C18H23F4N3O/c19-15-8-4-7-14(18(20,21)22)16(15)23-17(26)25-11-9-24(10-12-25)13-5-2-1-3-6-13/h4,7-8,13H,1-3,5-6,9-12H2,(H,23,26). The number of piperazine rings is 1. The molecule has 26 heavy (non-hydrogen) atoms. The molecule has 2 fully saturated rings. The molecule has 0 aromatic heterocycles. The van der Waals surface area contributed by atoms with Gasteiger partial charge < -0.3 is 10.2 Å². The Morgan fingerprint density at radius 1 is 1.04 bits per heavy atom. The van der Waals surface area contributed by atoms with Gasteiger partial charge in [0.15, 0.2) is 0 Å². The zero-order chi connectivity index (χ0) is 18.7. The number of para-hydroxylation sites is 1. The summed E-state index contributed by atoms with van der Waals surface area (Å²) in [6.45, 7) is 2.25. The van der Waals surface area contributed by atoms with Crippen LogP contribution in [-0.2, 0) is 6.18 Å². The molecule has 1 heterocycles. The summed E-state index contributed by atoms with van der Waals surface area (Å²) in [5.41, 5.74) is -1.98. The second kappa shape index (κ2) is 7.82. The second-order valence-electron chi connectivity index (χ2n) is 6.91. The van der Waals surface area contributed by atoms with Crippen molar-refractivity contribution in [3.63, 3.8) is 0 Å². The third kappa shape index (κ3) is 4.28. The van der Waals surface area contributed by atoms with E-state index in [1.165, 1.54) is 24.2 Å². The normalized spacial score (nSPS) is 20.2. The van der Waals surface area contributed by atoms with Crippen molar-refractivity contribution in [2.24, 2.45) is 0 Å². The quantitative estimate of drug-likeness (QED) is 0.784. The highest BCUT2D eigenvalue weighted by atomic mass is 19.4. The van der Waals surface area contributed by atoms with Gasteiger partial charge in [-0.25, -0.2) is 9.18 Å². The molecule has 1 saturated carbocycles. The number of carbonyl (C=O) groups is 1. The van der Waals surface area contributed by atoms with E-state index >= 15 is 0 Å². The zero-order valence-corrected chi connectivity index (χ0v) is 14.5. The maximum atomic E-state index is 13.9. The SMILES string of the molecule is O=C(Nc1c(F)cccc1C(F)(F)F)N1CCN(C2CCCCC2)CC1. The first-order chi connectivity index (χ1) is 12.4. The fraction of sp³-hybridized carbons (Fsp3) is 0.611. The molecule has 2 aliphatic rings. The van der Waals surface area contributed by atoms with Gasteiger partial charge in [0.1, 0.15) is 5.82 Å². The van der Waals surface area contributed by atoms with Crippen LogP contribution in [0.2, 0.25) is 0 Å². The van der Waals surface area contributed by atoms with Crippen LogP contribution in [0, 0.1) is 5.82 Å². The average molecular weight is 373 g/mol. The van der Waals surface area contributed by atoms with Crippen LogP contribution in [0.1, 0.15) is 37.7 Å². The summed E-state index contributed by atoms with van der Waals surface area (Å²) in [6.07, 6.45) is 1.30. The van der Waals surface area contributed by atoms with Crippen LogP contribution in [-0.4, -0.2) is 48.1 Å². The third-order valence-corrected chi connectivity index (χ3v) is 5.24. The van der Waals surface area contributed by atoms with Gasteiger partial charge in [-0.05, 0) is 25.0 Å². The fourth-order valence-corrected chi connectivity index (χ4v) is 3.81. The molecule has 144 valence electrons. The molecule has 1 aliphatic heterocycles. The highest BCUT2D eigenvalue weighted by Gasteiger charge is 2.36. The topological polar surface area (TPSA) is 35.6 Å². The van der Waals surface area contributed by atoms with Gasteiger partial charge in [-0.2, -0.15) is 13.2 Å². The number of nitrogens with one attached hydrogen (secondary N) is 1. The van der Waals surface area contributed by atoms with E-state index < -0.39 is 29.3 Å². The van der Waals surface area contributed by atoms with E-state index in [1.807, 2.05) is 0 Å². The molecule has 0 unspecified atom stereocenters. The molecule has 0 bridgehead atoms. The summed E-state index contributed by atoms with van der Waals surface area (Å²) in [5.74, 6) is -1.09. The first kappa shape index (κ1) is 18.9. The molecule has 4 nitrogen and oxygen atoms in total. The number of benzene rings is 1. The minimum atomic E-state index is -4.73. The smallest absolute Gasteiger partial charge is 0.322 e. The molecule has 1 aromatic rings. The van der Waals surface area contributed by atoms with Crippen LogP contribution in [0.15, 0.2) is 18.2 Å². The number of carbonyl (C=O) groups excluding carboxylic acids is 1. The van der Waals surface area contributed by atoms with Crippen molar-refractivity contribution in [1.29, 1.82) is 0 Å². The van der Waals surface area contributed by atoms with Crippen LogP contribution in [0.25, 0.3) is 0 Å². The van der Waals surface area contributed by atoms with Crippen LogP contribution < -0.4 is 5.32 Å². The lowest BCUT2D eigenvalue weighted by Gasteiger charge is -2.40. The van der Waals surface area contributed by atoms with Crippen LogP contribution >= 0.6 is 0 Å². The van der Waals surface area contributed by atoms with Crippen molar-refractivity contribution in [1.82, 2.24) is 9.80 Å². The van der Waals surface area contributed by atoms with Crippen LogP contribution in [0.3, 0.4) is 0 Å². The molecule has 0 radical (unpaired) electrons. The molecule has 0 spiro atoms. The lowest BCUT2D eigenvalue weighted by molar-refractivity contribution is -0.137. The molecule has 2 amide bonds. The molecule has 3 rings (SSSR count). The van der Waals surface area contributed by atoms with E-state index in [2.05, 4.69) is 10.2 Å². The number of alkyl halides is 3. The van der Waals surface area contributed by atoms with Crippen molar-refractivity contribution in [3.05, 3.63) is 29.6 Å². The summed E-state index contributed by atoms with van der Waals surface area (Å²) in [7, 11) is 0. The number of hydrogen-bond acceptors (Lipinski definition) is 2. The summed E-state index contributed by atoms with van der Waals surface area (Å²) >= 11 is 0. The Morgan fingerprint density at radius 3 is 2.31 bits per heavy atom. The zero-order valence-electron chi connectivity index (χ0n) is 14.5. The lowest BCUT2D eigenvalue weighted by Crippen LogP contribution is -2.53. The van der Waals surface area contributed by atoms with E-state index in [4.69, 9.17) is 0 Å². The van der Waals surface area contributed by atoms with E-state index in [0.29, 0.717) is 32.2 Å². The number of amides is 2. The number of nitrogens with zero attached hydrogens (tertiary/aromatic N) is 2. The first-order valence-electron chi connectivity index (χ1n) is 9.02. The Hall–Kier alpha value is -1.83. The number of anilines is 1. The number of halogens is 4. The minimum absolute atomic E-state index is 0.429. The number of urea groups is 1. The van der Waals surface area contributed by atoms with E-state index in [1.54, 1.807) is 0 Å². The first-order valence-corrected chi connectivity index (χ1v) is 9.02. The summed E-state index contributed by atoms with van der Waals surface area (Å²) < 4.78 is 53.0. The predicted molar refractivity (Wildman–Crippen MR) is 90.4 cm³/mol. The molecule has 1 saturated heterocycles. The van der Waals surface area contributed by atoms with Crippen molar-refractivity contribution in [3.8, 4) is 0 Å². The minimum Gasteiger partial charge on any atom is -0.322 e. The van der Waals surface area contributed by atoms with Gasteiger partial charge in [0.2, 0.25) is 0 Å². The molecular weight excluding hydrogens is 350 g/mol. The Bertz CT molecular complexity index is 636. The highest BCUT2D eigenvalue weighted by molar-refractivity contribution is 5.90. The van der Waals surface area contributed by atoms with Gasteiger partial charge in [-0.1, -0.05) is 25.3 Å². The monoisotopic (exact) mass is 373 g/mol. The Morgan fingerprint density at radius 2 is 1.69 bits per heavy atom. The molecule has 0 atom stereocenters. The summed E-state index contributed by atoms with van der Waals surface area (Å²) in [5, 5.41) is 2.12. The molecule has 1 aromatic carbocycles. The number of rotatable bonds is 2. The van der Waals surface area contributed by atoms with Gasteiger partial charge in [-0.3, -0.25) is 4.90 Å². The van der Waals surface area contributed by atoms with Crippen molar-refractivity contribution in [2.45, 2.75) is 44.3 Å². The highest BCUT2D eigenvalue weighted by Crippen LogP contribution is 2.36. The third-order valence-electron chi connectivity index (χ3n) is 5.24. The van der Waals surface area contributed by atoms with Gasteiger partial charge in [0, 0.05) is 32.2 Å². The maximum absolute atomic E-state index is 13.9. The van der Waals surface area contributed by atoms with Crippen LogP contribution in [0.5, 0.6) is 0 Å². The van der Waals surface area contributed by atoms with Crippen molar-refractivity contribution in [2.75, 3.05) is 31.5 Å².